The second-order valence-corrected chi connectivity index (χ2v) is 6.43. The number of furan rings is 1. The molecule has 0 saturated carbocycles. The van der Waals surface area contributed by atoms with Gasteiger partial charge in [0.2, 0.25) is 5.78 Å². The molecule has 0 saturated heterocycles. The van der Waals surface area contributed by atoms with E-state index in [0.29, 0.717) is 5.56 Å². The fourth-order valence-corrected chi connectivity index (χ4v) is 2.33. The van der Waals surface area contributed by atoms with Crippen LogP contribution in [0.5, 0.6) is 0 Å². The number of rotatable bonds is 5. The van der Waals surface area contributed by atoms with Gasteiger partial charge in [-0.2, -0.15) is 0 Å². The summed E-state index contributed by atoms with van der Waals surface area (Å²) < 4.78 is 27.4. The van der Waals surface area contributed by atoms with E-state index in [0.717, 1.165) is 12.3 Å². The van der Waals surface area contributed by atoms with Gasteiger partial charge in [0, 0.05) is 12.7 Å². The Morgan fingerprint density at radius 3 is 2.29 bits per heavy atom. The lowest BCUT2D eigenvalue weighted by atomic mass is 10.1. The van der Waals surface area contributed by atoms with E-state index in [9.17, 15) is 23.3 Å². The molecule has 8 heteroatoms. The average molecular weight is 309 g/mol. The number of Topliss-reactive ketones (excluding diaryl/α,β-unsaturated/α-hetero) is 1. The van der Waals surface area contributed by atoms with Gasteiger partial charge < -0.3 is 4.42 Å². The summed E-state index contributed by atoms with van der Waals surface area (Å²) in [5.41, 5.74) is 0.589. The van der Waals surface area contributed by atoms with Gasteiger partial charge in [-0.15, -0.1) is 0 Å². The predicted octanol–water partition coefficient (Wildman–Crippen LogP) is 2.02. The minimum Gasteiger partial charge on any atom is -0.397 e. The lowest BCUT2D eigenvalue weighted by Crippen LogP contribution is -2.03. The van der Waals surface area contributed by atoms with Gasteiger partial charge in [0.05, 0.1) is 11.0 Å². The molecule has 0 atom stereocenters. The number of hydrogen-bond donors (Lipinski definition) is 0. The summed E-state index contributed by atoms with van der Waals surface area (Å²) in [6.45, 7) is 0. The Morgan fingerprint density at radius 2 is 1.81 bits per heavy atom. The SMILES string of the molecule is CS(=O)(=O)c1ccc(CC(=O)c2ccc([N+](=O)[O-])o2)cc1. The van der Waals surface area contributed by atoms with Crippen molar-refractivity contribution in [2.24, 2.45) is 0 Å². The monoisotopic (exact) mass is 309 g/mol. The highest BCUT2D eigenvalue weighted by Crippen LogP contribution is 2.18. The molecule has 1 aromatic heterocycles. The number of nitro groups is 1. The third-order valence-electron chi connectivity index (χ3n) is 2.76. The molecular formula is C13H11NO6S. The van der Waals surface area contributed by atoms with Crippen molar-refractivity contribution in [2.45, 2.75) is 11.3 Å². The van der Waals surface area contributed by atoms with E-state index in [-0.39, 0.29) is 17.1 Å². The summed E-state index contributed by atoms with van der Waals surface area (Å²) in [7, 11) is -3.28. The Bertz CT molecular complexity index is 788. The van der Waals surface area contributed by atoms with Gasteiger partial charge in [0.25, 0.3) is 0 Å². The first-order valence-corrected chi connectivity index (χ1v) is 7.73. The molecular weight excluding hydrogens is 298 g/mol. The summed E-state index contributed by atoms with van der Waals surface area (Å²) >= 11 is 0. The van der Waals surface area contributed by atoms with Crippen molar-refractivity contribution in [2.75, 3.05) is 6.26 Å². The molecule has 0 bridgehead atoms. The topological polar surface area (TPSA) is 107 Å². The molecule has 0 N–H and O–H groups in total. The van der Waals surface area contributed by atoms with Crippen molar-refractivity contribution >= 4 is 21.5 Å². The van der Waals surface area contributed by atoms with E-state index in [1.807, 2.05) is 0 Å². The smallest absolute Gasteiger partial charge is 0.397 e. The molecule has 0 aliphatic heterocycles. The molecule has 0 unspecified atom stereocenters. The van der Waals surface area contributed by atoms with Gasteiger partial charge in [0.15, 0.2) is 15.6 Å². The van der Waals surface area contributed by atoms with Gasteiger partial charge in [-0.25, -0.2) is 8.42 Å². The van der Waals surface area contributed by atoms with Crippen molar-refractivity contribution in [3.63, 3.8) is 0 Å². The zero-order chi connectivity index (χ0) is 15.6. The van der Waals surface area contributed by atoms with E-state index < -0.39 is 26.4 Å². The number of nitrogens with zero attached hydrogens (tertiary/aromatic N) is 1. The van der Waals surface area contributed by atoms with Crippen LogP contribution < -0.4 is 0 Å². The van der Waals surface area contributed by atoms with Crippen LogP contribution in [0.1, 0.15) is 16.1 Å². The average Bonchev–Trinajstić information content (AvgIpc) is 2.88. The minimum absolute atomic E-state index is 0.0330. The van der Waals surface area contributed by atoms with E-state index >= 15 is 0 Å². The fraction of sp³-hybridized carbons (Fsp3) is 0.154. The Hall–Kier alpha value is -2.48. The normalized spacial score (nSPS) is 11.3. The molecule has 7 nitrogen and oxygen atoms in total. The number of benzene rings is 1. The second-order valence-electron chi connectivity index (χ2n) is 4.41. The van der Waals surface area contributed by atoms with E-state index in [1.54, 1.807) is 0 Å². The van der Waals surface area contributed by atoms with Gasteiger partial charge in [-0.3, -0.25) is 14.9 Å². The Labute approximate surface area is 120 Å². The van der Waals surface area contributed by atoms with Crippen LogP contribution in [0.15, 0.2) is 45.7 Å². The number of hydrogen-bond acceptors (Lipinski definition) is 6. The summed E-state index contributed by atoms with van der Waals surface area (Å²) in [4.78, 5) is 21.8. The molecule has 2 rings (SSSR count). The highest BCUT2D eigenvalue weighted by Gasteiger charge is 2.17. The number of carbonyl (C=O) groups is 1. The number of sulfone groups is 1. The maximum atomic E-state index is 11.9. The molecule has 2 aromatic rings. The van der Waals surface area contributed by atoms with Crippen LogP contribution in [-0.4, -0.2) is 25.4 Å². The molecule has 0 fully saturated rings. The summed E-state index contributed by atoms with van der Waals surface area (Å²) in [6, 6.07) is 8.20. The summed E-state index contributed by atoms with van der Waals surface area (Å²) in [5.74, 6) is -1.02. The van der Waals surface area contributed by atoms with E-state index in [4.69, 9.17) is 4.42 Å². The van der Waals surface area contributed by atoms with Gasteiger partial charge in [0.1, 0.15) is 4.92 Å². The molecule has 0 spiro atoms. The van der Waals surface area contributed by atoms with Crippen LogP contribution in [0.4, 0.5) is 5.88 Å². The molecule has 110 valence electrons. The van der Waals surface area contributed by atoms with E-state index in [2.05, 4.69) is 0 Å². The molecule has 0 amide bonds. The van der Waals surface area contributed by atoms with Crippen molar-refractivity contribution in [1.29, 1.82) is 0 Å². The van der Waals surface area contributed by atoms with E-state index in [1.165, 1.54) is 30.3 Å². The number of carbonyl (C=O) groups excluding carboxylic acids is 1. The highest BCUT2D eigenvalue weighted by molar-refractivity contribution is 7.90. The zero-order valence-electron chi connectivity index (χ0n) is 11.0. The van der Waals surface area contributed by atoms with Gasteiger partial charge in [-0.05, 0) is 23.8 Å². The predicted molar refractivity (Wildman–Crippen MR) is 72.9 cm³/mol. The lowest BCUT2D eigenvalue weighted by Gasteiger charge is -2.01. The highest BCUT2D eigenvalue weighted by atomic mass is 32.2. The maximum Gasteiger partial charge on any atom is 0.433 e. The summed E-state index contributed by atoms with van der Waals surface area (Å²) in [6.07, 6.45) is 1.06. The second kappa shape index (κ2) is 5.49. The van der Waals surface area contributed by atoms with Crippen molar-refractivity contribution < 1.29 is 22.6 Å². The van der Waals surface area contributed by atoms with Gasteiger partial charge >= 0.3 is 5.88 Å². The third kappa shape index (κ3) is 3.54. The van der Waals surface area contributed by atoms with Crippen LogP contribution in [0, 0.1) is 10.1 Å². The number of ketones is 1. The quantitative estimate of drug-likeness (QED) is 0.475. The Kier molecular flexibility index (Phi) is 3.90. The molecule has 21 heavy (non-hydrogen) atoms. The van der Waals surface area contributed by atoms with Gasteiger partial charge in [-0.1, -0.05) is 12.1 Å². The Balaban J connectivity index is 2.14. The van der Waals surface area contributed by atoms with Crippen LogP contribution >= 0.6 is 0 Å². The standard InChI is InChI=1S/C13H11NO6S/c1-21(18,19)10-4-2-9(3-5-10)8-11(15)12-6-7-13(20-12)14(16)17/h2-7H,8H2,1H3. The first-order valence-electron chi connectivity index (χ1n) is 5.84. The lowest BCUT2D eigenvalue weighted by molar-refractivity contribution is -0.402. The van der Waals surface area contributed by atoms with Crippen molar-refractivity contribution in [3.05, 3.63) is 57.8 Å². The molecule has 0 radical (unpaired) electrons. The first-order chi connectivity index (χ1) is 9.77. The largest absolute Gasteiger partial charge is 0.433 e. The van der Waals surface area contributed by atoms with Crippen LogP contribution in [0.2, 0.25) is 0 Å². The fourth-order valence-electron chi connectivity index (χ4n) is 1.70. The van der Waals surface area contributed by atoms with Crippen LogP contribution in [0.25, 0.3) is 0 Å². The molecule has 0 aliphatic carbocycles. The zero-order valence-corrected chi connectivity index (χ0v) is 11.8. The van der Waals surface area contributed by atoms with Crippen LogP contribution in [-0.2, 0) is 16.3 Å². The molecule has 1 aromatic carbocycles. The van der Waals surface area contributed by atoms with Crippen molar-refractivity contribution in [3.8, 4) is 0 Å². The van der Waals surface area contributed by atoms with Crippen molar-refractivity contribution in [1.82, 2.24) is 0 Å². The molecule has 0 aliphatic rings. The maximum absolute atomic E-state index is 11.9. The minimum atomic E-state index is -3.28. The third-order valence-corrected chi connectivity index (χ3v) is 3.89. The first kappa shape index (κ1) is 14.9. The summed E-state index contributed by atoms with van der Waals surface area (Å²) in [5, 5.41) is 10.5. The molecule has 1 heterocycles. The van der Waals surface area contributed by atoms with Crippen LogP contribution in [0.3, 0.4) is 0 Å². The Morgan fingerprint density at radius 1 is 1.19 bits per heavy atom.